The van der Waals surface area contributed by atoms with Crippen LogP contribution in [0.4, 0.5) is 11.4 Å². The first-order valence-electron chi connectivity index (χ1n) is 5.71. The lowest BCUT2D eigenvalue weighted by Gasteiger charge is -2.26. The third-order valence-corrected chi connectivity index (χ3v) is 4.41. The van der Waals surface area contributed by atoms with E-state index in [0.29, 0.717) is 5.69 Å². The number of halogens is 1. The Morgan fingerprint density at radius 2 is 2.11 bits per heavy atom. The molecule has 0 N–H and O–H groups in total. The van der Waals surface area contributed by atoms with Crippen molar-refractivity contribution in [2.24, 2.45) is 0 Å². The summed E-state index contributed by atoms with van der Waals surface area (Å²) in [6.45, 7) is 2.01. The van der Waals surface area contributed by atoms with E-state index in [-0.39, 0.29) is 16.8 Å². The number of thiophene rings is 1. The van der Waals surface area contributed by atoms with Gasteiger partial charge in [-0.05, 0) is 30.5 Å². The Balaban J connectivity index is 2.42. The Morgan fingerprint density at radius 3 is 2.68 bits per heavy atom. The first-order chi connectivity index (χ1) is 9.02. The Hall–Kier alpha value is -1.59. The summed E-state index contributed by atoms with van der Waals surface area (Å²) in [5, 5.41) is 13.3. The van der Waals surface area contributed by atoms with Gasteiger partial charge in [-0.15, -0.1) is 11.3 Å². The van der Waals surface area contributed by atoms with Crippen LogP contribution in [0.2, 0.25) is 5.02 Å². The Morgan fingerprint density at radius 1 is 1.37 bits per heavy atom. The maximum Gasteiger partial charge on any atom is 0.310 e. The molecule has 0 amide bonds. The molecule has 0 aliphatic rings. The summed E-state index contributed by atoms with van der Waals surface area (Å²) in [4.78, 5) is 13.7. The van der Waals surface area contributed by atoms with E-state index < -0.39 is 4.92 Å². The van der Waals surface area contributed by atoms with Crippen molar-refractivity contribution in [1.29, 1.82) is 0 Å². The lowest BCUT2D eigenvalue weighted by molar-refractivity contribution is -0.384. The average Bonchev–Trinajstić information content (AvgIpc) is 2.90. The molecule has 1 unspecified atom stereocenters. The van der Waals surface area contributed by atoms with Gasteiger partial charge >= 0.3 is 5.69 Å². The summed E-state index contributed by atoms with van der Waals surface area (Å²) in [6, 6.07) is 9.01. The van der Waals surface area contributed by atoms with Crippen LogP contribution in [0.25, 0.3) is 0 Å². The first-order valence-corrected chi connectivity index (χ1v) is 6.97. The maximum absolute atomic E-state index is 11.2. The zero-order valence-corrected chi connectivity index (χ0v) is 12.1. The number of nitro benzene ring substituents is 1. The number of nitro groups is 1. The minimum Gasteiger partial charge on any atom is -0.361 e. The third kappa shape index (κ3) is 2.72. The van der Waals surface area contributed by atoms with Crippen LogP contribution >= 0.6 is 22.9 Å². The van der Waals surface area contributed by atoms with E-state index in [0.717, 1.165) is 4.88 Å². The summed E-state index contributed by atoms with van der Waals surface area (Å²) < 4.78 is 0. The number of hydrogen-bond acceptors (Lipinski definition) is 4. The highest BCUT2D eigenvalue weighted by atomic mass is 35.5. The van der Waals surface area contributed by atoms with Crippen LogP contribution in [0, 0.1) is 10.1 Å². The van der Waals surface area contributed by atoms with E-state index in [4.69, 9.17) is 11.6 Å². The van der Waals surface area contributed by atoms with Gasteiger partial charge in [0.05, 0.1) is 11.0 Å². The molecule has 2 rings (SSSR count). The molecule has 19 heavy (non-hydrogen) atoms. The fourth-order valence-electron chi connectivity index (χ4n) is 1.90. The molecule has 0 aliphatic heterocycles. The summed E-state index contributed by atoms with van der Waals surface area (Å²) in [5.74, 6) is 0. The van der Waals surface area contributed by atoms with Gasteiger partial charge in [-0.3, -0.25) is 10.1 Å². The molecule has 0 saturated heterocycles. The highest BCUT2D eigenvalue weighted by Crippen LogP contribution is 2.38. The van der Waals surface area contributed by atoms with Crippen LogP contribution in [0.1, 0.15) is 17.8 Å². The lowest BCUT2D eigenvalue weighted by Crippen LogP contribution is -2.21. The van der Waals surface area contributed by atoms with Crippen molar-refractivity contribution in [2.45, 2.75) is 13.0 Å². The molecule has 0 radical (unpaired) electrons. The van der Waals surface area contributed by atoms with Crippen molar-refractivity contribution in [3.63, 3.8) is 0 Å². The van der Waals surface area contributed by atoms with Gasteiger partial charge in [0.1, 0.15) is 10.7 Å². The summed E-state index contributed by atoms with van der Waals surface area (Å²) >= 11 is 7.56. The van der Waals surface area contributed by atoms with Crippen LogP contribution in [0.15, 0.2) is 35.7 Å². The Bertz CT molecular complexity index is 586. The molecular formula is C13H13ClN2O2S. The molecule has 0 spiro atoms. The monoisotopic (exact) mass is 296 g/mol. The second kappa shape index (κ2) is 5.59. The topological polar surface area (TPSA) is 46.4 Å². The Kier molecular flexibility index (Phi) is 4.07. The van der Waals surface area contributed by atoms with Gasteiger partial charge in [0.2, 0.25) is 0 Å². The quantitative estimate of drug-likeness (QED) is 0.616. The number of rotatable bonds is 4. The number of anilines is 1. The fraction of sp³-hybridized carbons (Fsp3) is 0.231. The van der Waals surface area contributed by atoms with E-state index in [9.17, 15) is 10.1 Å². The van der Waals surface area contributed by atoms with E-state index in [1.54, 1.807) is 23.5 Å². The predicted molar refractivity (Wildman–Crippen MR) is 79.2 cm³/mol. The van der Waals surface area contributed by atoms with E-state index in [1.165, 1.54) is 6.07 Å². The van der Waals surface area contributed by atoms with Gasteiger partial charge in [0, 0.05) is 11.9 Å². The predicted octanol–water partition coefficient (Wildman–Crippen LogP) is 4.51. The average molecular weight is 297 g/mol. The smallest absolute Gasteiger partial charge is 0.310 e. The standard InChI is InChI=1S/C13H13ClN2O2S/c1-9(12-7-4-8-19-12)15(2)11-6-3-5-10(14)13(11)16(17)18/h3-9H,1-2H3. The van der Waals surface area contributed by atoms with Gasteiger partial charge in [-0.25, -0.2) is 0 Å². The fourth-order valence-corrected chi connectivity index (χ4v) is 2.96. The molecule has 0 bridgehead atoms. The van der Waals surface area contributed by atoms with Gasteiger partial charge in [-0.2, -0.15) is 0 Å². The molecule has 0 aliphatic carbocycles. The largest absolute Gasteiger partial charge is 0.361 e. The van der Waals surface area contributed by atoms with Crippen LogP contribution in [-0.4, -0.2) is 12.0 Å². The van der Waals surface area contributed by atoms with Crippen LogP contribution in [0.3, 0.4) is 0 Å². The SMILES string of the molecule is CC(c1cccs1)N(C)c1cccc(Cl)c1[N+](=O)[O-]. The van der Waals surface area contributed by atoms with Gasteiger partial charge in [0.15, 0.2) is 0 Å². The minimum atomic E-state index is -0.435. The highest BCUT2D eigenvalue weighted by Gasteiger charge is 2.24. The van der Waals surface area contributed by atoms with Crippen LogP contribution < -0.4 is 4.90 Å². The first kappa shape index (κ1) is 13.8. The molecule has 2 aromatic rings. The van der Waals surface area contributed by atoms with Crippen LogP contribution in [-0.2, 0) is 0 Å². The molecule has 0 fully saturated rings. The van der Waals surface area contributed by atoms with E-state index in [1.807, 2.05) is 36.4 Å². The normalized spacial score (nSPS) is 12.2. The van der Waals surface area contributed by atoms with E-state index >= 15 is 0 Å². The molecule has 0 saturated carbocycles. The molecule has 1 atom stereocenters. The zero-order valence-electron chi connectivity index (χ0n) is 10.5. The maximum atomic E-state index is 11.2. The number of nitrogens with zero attached hydrogens (tertiary/aromatic N) is 2. The molecule has 4 nitrogen and oxygen atoms in total. The van der Waals surface area contributed by atoms with Crippen molar-refractivity contribution in [2.75, 3.05) is 11.9 Å². The minimum absolute atomic E-state index is 0.0462. The second-order valence-electron chi connectivity index (χ2n) is 4.17. The number of benzene rings is 1. The van der Waals surface area contributed by atoms with Crippen molar-refractivity contribution in [3.8, 4) is 0 Å². The van der Waals surface area contributed by atoms with Crippen LogP contribution in [0.5, 0.6) is 0 Å². The summed E-state index contributed by atoms with van der Waals surface area (Å²) in [5.41, 5.74) is 0.480. The molecule has 1 aromatic heterocycles. The van der Waals surface area contributed by atoms with E-state index in [2.05, 4.69) is 0 Å². The Labute approximate surface area is 120 Å². The highest BCUT2D eigenvalue weighted by molar-refractivity contribution is 7.10. The summed E-state index contributed by atoms with van der Waals surface area (Å²) in [6.07, 6.45) is 0. The third-order valence-electron chi connectivity index (χ3n) is 3.06. The van der Waals surface area contributed by atoms with Crippen molar-refractivity contribution in [3.05, 3.63) is 55.7 Å². The van der Waals surface area contributed by atoms with Crippen molar-refractivity contribution >= 4 is 34.3 Å². The van der Waals surface area contributed by atoms with Gasteiger partial charge in [-0.1, -0.05) is 23.7 Å². The van der Waals surface area contributed by atoms with Crippen molar-refractivity contribution < 1.29 is 4.92 Å². The zero-order chi connectivity index (χ0) is 14.0. The number of para-hydroxylation sites is 1. The summed E-state index contributed by atoms with van der Waals surface area (Å²) in [7, 11) is 1.84. The lowest BCUT2D eigenvalue weighted by atomic mass is 10.2. The molecular weight excluding hydrogens is 284 g/mol. The molecule has 100 valence electrons. The molecule has 1 heterocycles. The second-order valence-corrected chi connectivity index (χ2v) is 5.55. The van der Waals surface area contributed by atoms with Gasteiger partial charge < -0.3 is 4.90 Å². The van der Waals surface area contributed by atoms with Crippen molar-refractivity contribution in [1.82, 2.24) is 0 Å². The molecule has 6 heteroatoms. The molecule has 1 aromatic carbocycles. The van der Waals surface area contributed by atoms with Gasteiger partial charge in [0.25, 0.3) is 0 Å². The number of hydrogen-bond donors (Lipinski definition) is 0.